The fourth-order valence-electron chi connectivity index (χ4n) is 3.73. The first-order valence-electron chi connectivity index (χ1n) is 8.89. The van der Waals surface area contributed by atoms with Crippen molar-refractivity contribution in [1.82, 2.24) is 4.90 Å². The molecule has 1 saturated carbocycles. The normalized spacial score (nSPS) is 24.3. The van der Waals surface area contributed by atoms with Gasteiger partial charge < -0.3 is 9.64 Å². The van der Waals surface area contributed by atoms with E-state index in [0.29, 0.717) is 24.6 Å². The zero-order chi connectivity index (χ0) is 16.1. The van der Waals surface area contributed by atoms with E-state index in [-0.39, 0.29) is 6.09 Å². The number of nitrogens with zero attached hydrogens (tertiary/aromatic N) is 1. The van der Waals surface area contributed by atoms with Crippen LogP contribution < -0.4 is 0 Å². The molecule has 0 N–H and O–H groups in total. The van der Waals surface area contributed by atoms with Crippen LogP contribution in [0.1, 0.15) is 50.5 Å². The van der Waals surface area contributed by atoms with Crippen molar-refractivity contribution in [3.8, 4) is 0 Å². The average molecular weight is 313 g/mol. The standard InChI is InChI=1S/C20H27NO2/c1-2-3-10-18-11-7-12-19(17-13-14-17)21(18)20(22)23-15-16-8-5-4-6-9-16/h2,4-6,8-9,17-19H,1,3,7,10-15H2/t18-,19-/m0/s1. The van der Waals surface area contributed by atoms with E-state index in [1.165, 1.54) is 19.3 Å². The molecule has 3 heteroatoms. The first-order valence-corrected chi connectivity index (χ1v) is 8.89. The Hall–Kier alpha value is -1.77. The zero-order valence-corrected chi connectivity index (χ0v) is 13.8. The Morgan fingerprint density at radius 1 is 1.22 bits per heavy atom. The summed E-state index contributed by atoms with van der Waals surface area (Å²) in [5.41, 5.74) is 1.04. The molecule has 2 aliphatic rings. The molecule has 23 heavy (non-hydrogen) atoms. The third kappa shape index (κ3) is 4.15. The van der Waals surface area contributed by atoms with Gasteiger partial charge in [0.25, 0.3) is 0 Å². The molecule has 1 aliphatic heterocycles. The summed E-state index contributed by atoms with van der Waals surface area (Å²) >= 11 is 0. The highest BCUT2D eigenvalue weighted by Crippen LogP contribution is 2.42. The van der Waals surface area contributed by atoms with Crippen LogP contribution in [0.5, 0.6) is 0 Å². The molecule has 3 nitrogen and oxygen atoms in total. The fraction of sp³-hybridized carbons (Fsp3) is 0.550. The first-order chi connectivity index (χ1) is 11.3. The Labute approximate surface area is 139 Å². The Bertz CT molecular complexity index is 524. The van der Waals surface area contributed by atoms with Crippen LogP contribution in [0.3, 0.4) is 0 Å². The second-order valence-electron chi connectivity index (χ2n) is 6.80. The number of hydrogen-bond acceptors (Lipinski definition) is 2. The summed E-state index contributed by atoms with van der Waals surface area (Å²) in [5, 5.41) is 0. The van der Waals surface area contributed by atoms with E-state index in [2.05, 4.69) is 11.5 Å². The summed E-state index contributed by atoms with van der Waals surface area (Å²) in [6.45, 7) is 4.19. The van der Waals surface area contributed by atoms with Crippen molar-refractivity contribution in [3.05, 3.63) is 48.6 Å². The maximum Gasteiger partial charge on any atom is 0.410 e. The number of rotatable bonds is 6. The monoisotopic (exact) mass is 313 g/mol. The van der Waals surface area contributed by atoms with E-state index >= 15 is 0 Å². The highest BCUT2D eigenvalue weighted by molar-refractivity contribution is 5.69. The Morgan fingerprint density at radius 3 is 2.70 bits per heavy atom. The number of allylic oxidation sites excluding steroid dienone is 1. The third-order valence-electron chi connectivity index (χ3n) is 5.07. The summed E-state index contributed by atoms with van der Waals surface area (Å²) in [6.07, 6.45) is 9.78. The smallest absolute Gasteiger partial charge is 0.410 e. The predicted molar refractivity (Wildman–Crippen MR) is 92.0 cm³/mol. The van der Waals surface area contributed by atoms with Crippen LogP contribution in [-0.4, -0.2) is 23.1 Å². The minimum atomic E-state index is -0.125. The lowest BCUT2D eigenvalue weighted by molar-refractivity contribution is 0.0331. The zero-order valence-electron chi connectivity index (χ0n) is 13.8. The summed E-state index contributed by atoms with van der Waals surface area (Å²) < 4.78 is 5.65. The van der Waals surface area contributed by atoms with Crippen molar-refractivity contribution in [2.75, 3.05) is 0 Å². The SMILES string of the molecule is C=CCC[C@H]1CCC[C@@H](C2CC2)N1C(=O)OCc1ccccc1. The van der Waals surface area contributed by atoms with Crippen LogP contribution in [0.2, 0.25) is 0 Å². The average Bonchev–Trinajstić information content (AvgIpc) is 3.43. The van der Waals surface area contributed by atoms with Crippen molar-refractivity contribution < 1.29 is 9.53 Å². The van der Waals surface area contributed by atoms with E-state index in [4.69, 9.17) is 4.74 Å². The lowest BCUT2D eigenvalue weighted by Gasteiger charge is -2.41. The van der Waals surface area contributed by atoms with Crippen LogP contribution in [0.15, 0.2) is 43.0 Å². The molecule has 1 aromatic carbocycles. The Balaban J connectivity index is 1.65. The van der Waals surface area contributed by atoms with Crippen LogP contribution in [0, 0.1) is 5.92 Å². The number of benzene rings is 1. The molecule has 1 aliphatic carbocycles. The number of carbonyl (C=O) groups is 1. The number of hydrogen-bond donors (Lipinski definition) is 0. The minimum Gasteiger partial charge on any atom is -0.445 e. The van der Waals surface area contributed by atoms with E-state index in [0.717, 1.165) is 31.2 Å². The molecule has 0 radical (unpaired) electrons. The second-order valence-corrected chi connectivity index (χ2v) is 6.80. The minimum absolute atomic E-state index is 0.125. The van der Waals surface area contributed by atoms with Crippen LogP contribution in [0.25, 0.3) is 0 Å². The van der Waals surface area contributed by atoms with Crippen LogP contribution in [0.4, 0.5) is 4.79 Å². The number of likely N-dealkylation sites (tertiary alicyclic amines) is 1. The lowest BCUT2D eigenvalue weighted by atomic mass is 9.91. The molecule has 1 amide bonds. The van der Waals surface area contributed by atoms with Gasteiger partial charge in [0.2, 0.25) is 0 Å². The van der Waals surface area contributed by atoms with Crippen molar-refractivity contribution in [1.29, 1.82) is 0 Å². The van der Waals surface area contributed by atoms with Gasteiger partial charge in [-0.3, -0.25) is 0 Å². The summed E-state index contributed by atoms with van der Waals surface area (Å²) in [4.78, 5) is 14.8. The Kier molecular flexibility index (Phi) is 5.37. The van der Waals surface area contributed by atoms with E-state index in [9.17, 15) is 4.79 Å². The highest BCUT2D eigenvalue weighted by Gasteiger charge is 2.42. The maximum atomic E-state index is 12.8. The second kappa shape index (κ2) is 7.67. The first kappa shape index (κ1) is 16.1. The number of piperidine rings is 1. The predicted octanol–water partition coefficient (Wildman–Crippen LogP) is 4.92. The van der Waals surface area contributed by atoms with Crippen molar-refractivity contribution in [2.45, 2.75) is 63.6 Å². The summed E-state index contributed by atoms with van der Waals surface area (Å²) in [6, 6.07) is 10.6. The van der Waals surface area contributed by atoms with Gasteiger partial charge in [-0.1, -0.05) is 36.4 Å². The van der Waals surface area contributed by atoms with Crippen molar-refractivity contribution in [2.24, 2.45) is 5.92 Å². The van der Waals surface area contributed by atoms with Gasteiger partial charge in [0.1, 0.15) is 6.61 Å². The maximum absolute atomic E-state index is 12.8. The molecule has 3 rings (SSSR count). The molecule has 1 aromatic rings. The molecule has 0 spiro atoms. The van der Waals surface area contributed by atoms with E-state index < -0.39 is 0 Å². The topological polar surface area (TPSA) is 29.5 Å². The van der Waals surface area contributed by atoms with Gasteiger partial charge in [-0.2, -0.15) is 0 Å². The van der Waals surface area contributed by atoms with E-state index in [1.54, 1.807) is 0 Å². The van der Waals surface area contributed by atoms with Crippen LogP contribution in [-0.2, 0) is 11.3 Å². The van der Waals surface area contributed by atoms with Crippen LogP contribution >= 0.6 is 0 Å². The van der Waals surface area contributed by atoms with Gasteiger partial charge in [0, 0.05) is 12.1 Å². The van der Waals surface area contributed by atoms with Gasteiger partial charge in [0.15, 0.2) is 0 Å². The molecule has 0 bridgehead atoms. The van der Waals surface area contributed by atoms with Gasteiger partial charge in [0.05, 0.1) is 0 Å². The van der Waals surface area contributed by atoms with Gasteiger partial charge in [-0.15, -0.1) is 6.58 Å². The fourth-order valence-corrected chi connectivity index (χ4v) is 3.73. The third-order valence-corrected chi connectivity index (χ3v) is 5.07. The van der Waals surface area contributed by atoms with Gasteiger partial charge >= 0.3 is 6.09 Å². The molecule has 0 unspecified atom stereocenters. The van der Waals surface area contributed by atoms with Gasteiger partial charge in [-0.05, 0) is 56.4 Å². The summed E-state index contributed by atoms with van der Waals surface area (Å²) in [5.74, 6) is 0.700. The van der Waals surface area contributed by atoms with E-state index in [1.807, 2.05) is 36.4 Å². The molecule has 124 valence electrons. The molecule has 1 saturated heterocycles. The Morgan fingerprint density at radius 2 is 2.00 bits per heavy atom. The quantitative estimate of drug-likeness (QED) is 0.697. The molecular formula is C20H27NO2. The number of ether oxygens (including phenoxy) is 1. The largest absolute Gasteiger partial charge is 0.445 e. The molecule has 2 atom stereocenters. The molecule has 1 heterocycles. The molecule has 2 fully saturated rings. The molecule has 0 aromatic heterocycles. The summed E-state index contributed by atoms with van der Waals surface area (Å²) in [7, 11) is 0. The van der Waals surface area contributed by atoms with Crippen molar-refractivity contribution >= 4 is 6.09 Å². The lowest BCUT2D eigenvalue weighted by Crippen LogP contribution is -2.51. The van der Waals surface area contributed by atoms with Crippen molar-refractivity contribution in [3.63, 3.8) is 0 Å². The molecular weight excluding hydrogens is 286 g/mol. The van der Waals surface area contributed by atoms with Gasteiger partial charge in [-0.25, -0.2) is 4.79 Å². The number of carbonyl (C=O) groups excluding carboxylic acids is 1. The number of amides is 1. The highest BCUT2D eigenvalue weighted by atomic mass is 16.6.